The number of hydrogen-bond donors (Lipinski definition) is 2. The number of aromatic nitrogens is 6. The van der Waals surface area contributed by atoms with E-state index in [0.717, 1.165) is 52.2 Å². The fourth-order valence-corrected chi connectivity index (χ4v) is 3.84. The van der Waals surface area contributed by atoms with Gasteiger partial charge in [0.15, 0.2) is 11.4 Å². The minimum absolute atomic E-state index is 0.186. The standard InChI is InChI=1S/C22H18N6O2/c1-12-16-11-14(7-10-17(16)30-27-12)18-19(21-25-26-22(29)28(21)15-8-9-15)24-20(23-18)13-5-3-2-4-6-13/h2-7,10-11,15H,8-9H2,1H3,(H,23,24)(H,26,29). The molecule has 8 heteroatoms. The fourth-order valence-electron chi connectivity index (χ4n) is 3.84. The Morgan fingerprint density at radius 2 is 1.93 bits per heavy atom. The van der Waals surface area contributed by atoms with Gasteiger partial charge in [0, 0.05) is 22.6 Å². The minimum Gasteiger partial charge on any atom is -0.356 e. The average Bonchev–Trinajstić information content (AvgIpc) is 3.22. The van der Waals surface area contributed by atoms with Crippen LogP contribution in [0.5, 0.6) is 0 Å². The molecule has 0 bridgehead atoms. The molecule has 30 heavy (non-hydrogen) atoms. The highest BCUT2D eigenvalue weighted by Gasteiger charge is 2.31. The van der Waals surface area contributed by atoms with E-state index < -0.39 is 0 Å². The van der Waals surface area contributed by atoms with Crippen LogP contribution in [-0.4, -0.2) is 29.9 Å². The van der Waals surface area contributed by atoms with E-state index in [0.29, 0.717) is 11.5 Å². The lowest BCUT2D eigenvalue weighted by Gasteiger charge is -2.05. The van der Waals surface area contributed by atoms with Gasteiger partial charge < -0.3 is 9.51 Å². The van der Waals surface area contributed by atoms with Crippen LogP contribution in [0.3, 0.4) is 0 Å². The number of rotatable bonds is 4. The highest BCUT2D eigenvalue weighted by molar-refractivity contribution is 5.88. The van der Waals surface area contributed by atoms with Crippen LogP contribution in [0.2, 0.25) is 0 Å². The van der Waals surface area contributed by atoms with Crippen molar-refractivity contribution in [1.29, 1.82) is 0 Å². The van der Waals surface area contributed by atoms with E-state index in [-0.39, 0.29) is 11.7 Å². The first kappa shape index (κ1) is 17.0. The monoisotopic (exact) mass is 398 g/mol. The molecule has 0 saturated heterocycles. The number of benzene rings is 2. The van der Waals surface area contributed by atoms with Gasteiger partial charge in [-0.3, -0.25) is 4.57 Å². The lowest BCUT2D eigenvalue weighted by molar-refractivity contribution is 0.450. The maximum absolute atomic E-state index is 12.4. The van der Waals surface area contributed by atoms with Crippen LogP contribution >= 0.6 is 0 Å². The molecule has 5 aromatic rings. The fraction of sp³-hybridized carbons (Fsp3) is 0.182. The SMILES string of the molecule is Cc1noc2ccc(-c3nc(-c4ccccc4)[nH]c3-c3n[nH]c(=O)n3C3CC3)cc12. The van der Waals surface area contributed by atoms with Crippen molar-refractivity contribution in [2.75, 3.05) is 0 Å². The molecule has 1 saturated carbocycles. The summed E-state index contributed by atoms with van der Waals surface area (Å²) >= 11 is 0. The normalized spacial score (nSPS) is 13.9. The molecule has 0 spiro atoms. The van der Waals surface area contributed by atoms with Crippen molar-refractivity contribution in [3.8, 4) is 34.2 Å². The molecule has 0 radical (unpaired) electrons. The first-order chi connectivity index (χ1) is 14.7. The average molecular weight is 398 g/mol. The number of aryl methyl sites for hydroxylation is 1. The summed E-state index contributed by atoms with van der Waals surface area (Å²) in [6.07, 6.45) is 1.96. The molecule has 0 aliphatic heterocycles. The van der Waals surface area contributed by atoms with E-state index in [9.17, 15) is 4.79 Å². The molecule has 3 aromatic heterocycles. The van der Waals surface area contributed by atoms with Gasteiger partial charge in [-0.2, -0.15) is 5.10 Å². The van der Waals surface area contributed by atoms with Gasteiger partial charge in [-0.1, -0.05) is 35.5 Å². The van der Waals surface area contributed by atoms with Crippen LogP contribution in [0.25, 0.3) is 45.1 Å². The smallest absolute Gasteiger partial charge is 0.343 e. The van der Waals surface area contributed by atoms with Gasteiger partial charge in [-0.15, -0.1) is 0 Å². The summed E-state index contributed by atoms with van der Waals surface area (Å²) < 4.78 is 7.08. The molecule has 1 aliphatic rings. The molecule has 0 amide bonds. The second-order valence-corrected chi connectivity index (χ2v) is 7.61. The quantitative estimate of drug-likeness (QED) is 0.474. The molecule has 2 N–H and O–H groups in total. The molecule has 3 heterocycles. The molecule has 2 aromatic carbocycles. The van der Waals surface area contributed by atoms with Gasteiger partial charge in [0.2, 0.25) is 0 Å². The van der Waals surface area contributed by atoms with Crippen LogP contribution in [0.4, 0.5) is 0 Å². The van der Waals surface area contributed by atoms with E-state index in [1.54, 1.807) is 4.57 Å². The predicted octanol–water partition coefficient (Wildman–Crippen LogP) is 4.08. The van der Waals surface area contributed by atoms with E-state index in [1.165, 1.54) is 0 Å². The molecule has 8 nitrogen and oxygen atoms in total. The summed E-state index contributed by atoms with van der Waals surface area (Å²) in [5, 5.41) is 11.9. The number of H-pyrrole nitrogens is 2. The van der Waals surface area contributed by atoms with Crippen molar-refractivity contribution in [3.05, 3.63) is 64.7 Å². The van der Waals surface area contributed by atoms with Crippen LogP contribution in [0.1, 0.15) is 24.6 Å². The highest BCUT2D eigenvalue weighted by atomic mass is 16.5. The maximum atomic E-state index is 12.4. The first-order valence-corrected chi connectivity index (χ1v) is 9.88. The van der Waals surface area contributed by atoms with E-state index in [1.807, 2.05) is 55.5 Å². The Labute approximate surface area is 170 Å². The summed E-state index contributed by atoms with van der Waals surface area (Å²) in [5.41, 5.74) is 4.67. The maximum Gasteiger partial charge on any atom is 0.343 e. The third kappa shape index (κ3) is 2.61. The topological polar surface area (TPSA) is 105 Å². The van der Waals surface area contributed by atoms with Gasteiger partial charge >= 0.3 is 5.69 Å². The van der Waals surface area contributed by atoms with E-state index >= 15 is 0 Å². The second kappa shape index (κ2) is 6.28. The second-order valence-electron chi connectivity index (χ2n) is 7.61. The summed E-state index contributed by atoms with van der Waals surface area (Å²) in [5.74, 6) is 1.30. The van der Waals surface area contributed by atoms with Crippen molar-refractivity contribution >= 4 is 11.0 Å². The third-order valence-electron chi connectivity index (χ3n) is 5.51. The largest absolute Gasteiger partial charge is 0.356 e. The molecular weight excluding hydrogens is 380 g/mol. The zero-order chi connectivity index (χ0) is 20.2. The van der Waals surface area contributed by atoms with Crippen LogP contribution in [-0.2, 0) is 0 Å². The summed E-state index contributed by atoms with van der Waals surface area (Å²) in [4.78, 5) is 20.7. The Balaban J connectivity index is 1.60. The molecule has 6 rings (SSSR count). The number of hydrogen-bond acceptors (Lipinski definition) is 5. The van der Waals surface area contributed by atoms with Gasteiger partial charge in [0.05, 0.1) is 5.69 Å². The zero-order valence-corrected chi connectivity index (χ0v) is 16.2. The first-order valence-electron chi connectivity index (χ1n) is 9.88. The van der Waals surface area contributed by atoms with Crippen molar-refractivity contribution in [2.24, 2.45) is 0 Å². The lowest BCUT2D eigenvalue weighted by atomic mass is 10.1. The molecule has 0 unspecified atom stereocenters. The van der Waals surface area contributed by atoms with Gasteiger partial charge in [0.1, 0.15) is 17.2 Å². The van der Waals surface area contributed by atoms with Crippen LogP contribution < -0.4 is 5.69 Å². The van der Waals surface area contributed by atoms with Crippen molar-refractivity contribution in [3.63, 3.8) is 0 Å². The number of nitrogens with one attached hydrogen (secondary N) is 2. The molecule has 1 aliphatic carbocycles. The van der Waals surface area contributed by atoms with Gasteiger partial charge in [-0.25, -0.2) is 14.9 Å². The highest BCUT2D eigenvalue weighted by Crippen LogP contribution is 2.39. The van der Waals surface area contributed by atoms with Crippen molar-refractivity contribution in [2.45, 2.75) is 25.8 Å². The Kier molecular flexibility index (Phi) is 3.55. The zero-order valence-electron chi connectivity index (χ0n) is 16.2. The van der Waals surface area contributed by atoms with Gasteiger partial charge in [-0.05, 0) is 38.0 Å². The number of aromatic amines is 2. The van der Waals surface area contributed by atoms with Crippen LogP contribution in [0, 0.1) is 6.92 Å². The van der Waals surface area contributed by atoms with Crippen molar-refractivity contribution < 1.29 is 4.52 Å². The molecule has 0 atom stereocenters. The van der Waals surface area contributed by atoms with E-state index in [4.69, 9.17) is 9.51 Å². The third-order valence-corrected chi connectivity index (χ3v) is 5.51. The Morgan fingerprint density at radius 1 is 1.10 bits per heavy atom. The number of imidazole rings is 1. The molecular formula is C22H18N6O2. The Bertz CT molecular complexity index is 1440. The lowest BCUT2D eigenvalue weighted by Crippen LogP contribution is -2.16. The summed E-state index contributed by atoms with van der Waals surface area (Å²) in [6.45, 7) is 1.91. The number of nitrogens with zero attached hydrogens (tertiary/aromatic N) is 4. The summed E-state index contributed by atoms with van der Waals surface area (Å²) in [7, 11) is 0. The van der Waals surface area contributed by atoms with E-state index in [2.05, 4.69) is 20.3 Å². The summed E-state index contributed by atoms with van der Waals surface area (Å²) in [6, 6.07) is 16.0. The van der Waals surface area contributed by atoms with Gasteiger partial charge in [0.25, 0.3) is 0 Å². The van der Waals surface area contributed by atoms with Crippen LogP contribution in [0.15, 0.2) is 57.8 Å². The van der Waals surface area contributed by atoms with Crippen molar-refractivity contribution in [1.82, 2.24) is 29.9 Å². The Morgan fingerprint density at radius 3 is 2.73 bits per heavy atom. The molecule has 148 valence electrons. The Hall–Kier alpha value is -3.94. The number of fused-ring (bicyclic) bond motifs is 1. The predicted molar refractivity (Wildman–Crippen MR) is 112 cm³/mol. The molecule has 1 fully saturated rings. The minimum atomic E-state index is -0.195.